The summed E-state index contributed by atoms with van der Waals surface area (Å²) in [5.41, 5.74) is -0.0817. The number of anilines is 1. The lowest BCUT2D eigenvalue weighted by molar-refractivity contribution is -0.117. The van der Waals surface area contributed by atoms with Gasteiger partial charge in [0.1, 0.15) is 0 Å². The van der Waals surface area contributed by atoms with Crippen LogP contribution in [0.25, 0.3) is 0 Å². The maximum atomic E-state index is 12.2. The van der Waals surface area contributed by atoms with Gasteiger partial charge in [-0.3, -0.25) is 9.52 Å². The number of primary amides is 1. The number of nitrogens with two attached hydrogens (primary N) is 1. The lowest BCUT2D eigenvalue weighted by atomic mass is 10.1. The first-order chi connectivity index (χ1) is 8.53. The second kappa shape index (κ2) is 5.08. The minimum atomic E-state index is -5.48. The molecule has 0 heterocycles. The van der Waals surface area contributed by atoms with Gasteiger partial charge in [-0.2, -0.15) is 21.6 Å². The van der Waals surface area contributed by atoms with Crippen LogP contribution < -0.4 is 10.5 Å². The van der Waals surface area contributed by atoms with Gasteiger partial charge in [-0.25, -0.2) is 0 Å². The van der Waals surface area contributed by atoms with Crippen LogP contribution in [-0.2, 0) is 21.2 Å². The zero-order chi connectivity index (χ0) is 14.8. The Balaban J connectivity index is 3.11. The van der Waals surface area contributed by atoms with Crippen LogP contribution in [0.1, 0.15) is 11.1 Å². The van der Waals surface area contributed by atoms with Crippen LogP contribution in [0.3, 0.4) is 0 Å². The predicted molar refractivity (Wildman–Crippen MR) is 62.7 cm³/mol. The summed E-state index contributed by atoms with van der Waals surface area (Å²) >= 11 is 0. The van der Waals surface area contributed by atoms with Crippen molar-refractivity contribution in [3.05, 3.63) is 29.3 Å². The first-order valence-electron chi connectivity index (χ1n) is 5.00. The lowest BCUT2D eigenvalue weighted by Crippen LogP contribution is -2.30. The van der Waals surface area contributed by atoms with Gasteiger partial charge in [-0.05, 0) is 24.1 Å². The number of rotatable bonds is 4. The normalized spacial score (nSPS) is 12.2. The summed E-state index contributed by atoms with van der Waals surface area (Å²) in [6.07, 6.45) is -0.193. The van der Waals surface area contributed by atoms with Crippen LogP contribution in [-0.4, -0.2) is 19.8 Å². The van der Waals surface area contributed by atoms with Crippen LogP contribution in [0.2, 0.25) is 0 Å². The lowest BCUT2D eigenvalue weighted by Gasteiger charge is -2.13. The van der Waals surface area contributed by atoms with E-state index in [1.807, 2.05) is 0 Å². The van der Waals surface area contributed by atoms with Gasteiger partial charge in [-0.15, -0.1) is 0 Å². The van der Waals surface area contributed by atoms with E-state index in [9.17, 15) is 26.4 Å². The van der Waals surface area contributed by atoms with Crippen molar-refractivity contribution in [3.8, 4) is 0 Å². The van der Waals surface area contributed by atoms with Crippen LogP contribution in [0.4, 0.5) is 18.9 Å². The molecule has 9 heteroatoms. The van der Waals surface area contributed by atoms with E-state index in [1.54, 1.807) is 0 Å². The van der Waals surface area contributed by atoms with E-state index in [1.165, 1.54) is 23.8 Å². The molecule has 5 nitrogen and oxygen atoms in total. The molecule has 0 aliphatic carbocycles. The minimum Gasteiger partial charge on any atom is -0.369 e. The molecular formula is C10H11F3N2O3S. The Bertz CT molecular complexity index is 597. The third-order valence-electron chi connectivity index (χ3n) is 2.23. The zero-order valence-electron chi connectivity index (χ0n) is 9.78. The van der Waals surface area contributed by atoms with Gasteiger partial charge in [-0.1, -0.05) is 12.1 Å². The van der Waals surface area contributed by atoms with Crippen LogP contribution >= 0.6 is 0 Å². The predicted octanol–water partition coefficient (Wildman–Crippen LogP) is 1.28. The van der Waals surface area contributed by atoms with Gasteiger partial charge < -0.3 is 5.73 Å². The number of halogens is 3. The number of benzene rings is 1. The summed E-state index contributed by atoms with van der Waals surface area (Å²) in [5, 5.41) is 0. The van der Waals surface area contributed by atoms with Gasteiger partial charge in [0, 0.05) is 0 Å². The second-order valence-corrected chi connectivity index (χ2v) is 5.52. The zero-order valence-corrected chi connectivity index (χ0v) is 10.6. The molecule has 0 aromatic heterocycles. The van der Waals surface area contributed by atoms with Crippen molar-refractivity contribution in [2.75, 3.05) is 4.72 Å². The summed E-state index contributed by atoms with van der Waals surface area (Å²) in [5.74, 6) is -0.673. The molecule has 0 saturated carbocycles. The van der Waals surface area contributed by atoms with E-state index in [2.05, 4.69) is 0 Å². The van der Waals surface area contributed by atoms with Crippen LogP contribution in [0, 0.1) is 6.92 Å². The molecule has 106 valence electrons. The molecule has 0 spiro atoms. The minimum absolute atomic E-state index is 0.193. The fraction of sp³-hybridized carbons (Fsp3) is 0.300. The van der Waals surface area contributed by atoms with Crippen LogP contribution in [0.5, 0.6) is 0 Å². The Labute approximate surface area is 107 Å². The number of hydrogen-bond acceptors (Lipinski definition) is 3. The van der Waals surface area contributed by atoms with E-state index >= 15 is 0 Å². The molecule has 1 amide bonds. The molecule has 0 bridgehead atoms. The molecular weight excluding hydrogens is 285 g/mol. The number of carbonyl (C=O) groups is 1. The number of hydrogen-bond donors (Lipinski definition) is 2. The first kappa shape index (κ1) is 15.3. The summed E-state index contributed by atoms with van der Waals surface area (Å²) in [4.78, 5) is 10.7. The molecule has 0 radical (unpaired) electrons. The van der Waals surface area contributed by atoms with Crippen molar-refractivity contribution < 1.29 is 26.4 Å². The van der Waals surface area contributed by atoms with Crippen molar-refractivity contribution >= 4 is 21.6 Å². The molecule has 0 saturated heterocycles. The van der Waals surface area contributed by atoms with Crippen molar-refractivity contribution in [2.24, 2.45) is 5.73 Å². The van der Waals surface area contributed by atoms with Gasteiger partial charge >= 0.3 is 15.5 Å². The fourth-order valence-electron chi connectivity index (χ4n) is 1.29. The number of carbonyl (C=O) groups excluding carboxylic acids is 1. The van der Waals surface area contributed by atoms with E-state index in [0.29, 0.717) is 11.1 Å². The maximum Gasteiger partial charge on any atom is 0.516 e. The average Bonchev–Trinajstić information content (AvgIpc) is 2.20. The van der Waals surface area contributed by atoms with Gasteiger partial charge in [0.05, 0.1) is 12.1 Å². The monoisotopic (exact) mass is 296 g/mol. The Morgan fingerprint density at radius 3 is 2.42 bits per heavy atom. The standard InChI is InChI=1S/C10H11F3N2O3S/c1-6-2-3-7(5-9(14)16)4-8(6)15-19(17,18)10(11,12)13/h2-4,15H,5H2,1H3,(H2,14,16). The van der Waals surface area contributed by atoms with Crippen LogP contribution in [0.15, 0.2) is 18.2 Å². The maximum absolute atomic E-state index is 12.2. The topological polar surface area (TPSA) is 89.3 Å². The van der Waals surface area contributed by atoms with Gasteiger partial charge in [0.15, 0.2) is 0 Å². The largest absolute Gasteiger partial charge is 0.516 e. The number of alkyl halides is 3. The van der Waals surface area contributed by atoms with Crippen molar-refractivity contribution in [1.82, 2.24) is 0 Å². The van der Waals surface area contributed by atoms with E-state index in [0.717, 1.165) is 6.07 Å². The first-order valence-corrected chi connectivity index (χ1v) is 6.48. The number of amides is 1. The number of nitrogens with one attached hydrogen (secondary N) is 1. The smallest absolute Gasteiger partial charge is 0.369 e. The molecule has 0 aliphatic heterocycles. The van der Waals surface area contributed by atoms with Gasteiger partial charge in [0.25, 0.3) is 0 Å². The number of sulfonamides is 1. The van der Waals surface area contributed by atoms with E-state index in [4.69, 9.17) is 5.73 Å². The van der Waals surface area contributed by atoms with E-state index in [-0.39, 0.29) is 12.1 Å². The Morgan fingerprint density at radius 2 is 1.95 bits per heavy atom. The highest BCUT2D eigenvalue weighted by Gasteiger charge is 2.46. The second-order valence-electron chi connectivity index (χ2n) is 3.84. The Morgan fingerprint density at radius 1 is 1.37 bits per heavy atom. The summed E-state index contributed by atoms with van der Waals surface area (Å²) in [7, 11) is -5.48. The quantitative estimate of drug-likeness (QED) is 0.877. The highest BCUT2D eigenvalue weighted by Crippen LogP contribution is 2.27. The summed E-state index contributed by atoms with van der Waals surface area (Å²) in [6, 6.07) is 4.02. The third kappa shape index (κ3) is 3.85. The summed E-state index contributed by atoms with van der Waals surface area (Å²) < 4.78 is 60.1. The molecule has 0 aliphatic rings. The molecule has 0 atom stereocenters. The Hall–Kier alpha value is -1.77. The summed E-state index contributed by atoms with van der Waals surface area (Å²) in [6.45, 7) is 1.43. The highest BCUT2D eigenvalue weighted by molar-refractivity contribution is 7.93. The Kier molecular flexibility index (Phi) is 4.09. The van der Waals surface area contributed by atoms with Crippen molar-refractivity contribution in [3.63, 3.8) is 0 Å². The fourth-order valence-corrected chi connectivity index (χ4v) is 1.92. The molecule has 0 unspecified atom stereocenters. The van der Waals surface area contributed by atoms with Gasteiger partial charge in [0.2, 0.25) is 5.91 Å². The molecule has 19 heavy (non-hydrogen) atoms. The number of aryl methyl sites for hydroxylation is 1. The SMILES string of the molecule is Cc1ccc(CC(N)=O)cc1NS(=O)(=O)C(F)(F)F. The molecule has 1 aromatic rings. The average molecular weight is 296 g/mol. The van der Waals surface area contributed by atoms with Crippen molar-refractivity contribution in [1.29, 1.82) is 0 Å². The molecule has 0 fully saturated rings. The third-order valence-corrected chi connectivity index (χ3v) is 3.33. The highest BCUT2D eigenvalue weighted by atomic mass is 32.2. The van der Waals surface area contributed by atoms with Crippen molar-refractivity contribution in [2.45, 2.75) is 18.9 Å². The molecule has 1 aromatic carbocycles. The molecule has 1 rings (SSSR count). The molecule has 3 N–H and O–H groups in total. The van der Waals surface area contributed by atoms with E-state index < -0.39 is 21.4 Å².